The molecule has 0 aromatic heterocycles. The molecule has 0 bridgehead atoms. The Kier molecular flexibility index (Phi) is 13.8. The molecule has 2 atom stereocenters. The zero-order chi connectivity index (χ0) is 27.6. The maximum absolute atomic E-state index is 12.8. The molecule has 1 rings (SSSR count). The van der Waals surface area contributed by atoms with Gasteiger partial charge < -0.3 is 19.7 Å². The molecule has 0 aromatic rings. The van der Waals surface area contributed by atoms with Gasteiger partial charge in [0.15, 0.2) is 0 Å². The van der Waals surface area contributed by atoms with Crippen LogP contribution >= 0.6 is 21.6 Å². The van der Waals surface area contributed by atoms with Gasteiger partial charge in [0.25, 0.3) is 0 Å². The second-order valence-corrected chi connectivity index (χ2v) is 15.0. The quantitative estimate of drug-likeness (QED) is 0.197. The third-order valence-electron chi connectivity index (χ3n) is 7.06. The summed E-state index contributed by atoms with van der Waals surface area (Å²) in [6, 6.07) is 0.106. The van der Waals surface area contributed by atoms with Crippen LogP contribution in [0.25, 0.3) is 0 Å². The number of nitrogens with zero attached hydrogens (tertiary/aromatic N) is 1. The SMILES string of the molecule is COC[C@@H]1C[C@@H](OC)CN1C(=O)CCCC(C)(C)SSCCC(C)(C)NC(=O)CCC(C)(C)C(C)=O. The fraction of sp³-hybridized carbons (Fsp3) is 0.889. The molecule has 36 heavy (non-hydrogen) atoms. The van der Waals surface area contributed by atoms with Crippen LogP contribution < -0.4 is 5.32 Å². The lowest BCUT2D eigenvalue weighted by Crippen LogP contribution is -2.44. The minimum absolute atomic E-state index is 0.000430. The number of methoxy groups -OCH3 is 2. The molecular weight excluding hydrogens is 496 g/mol. The fourth-order valence-electron chi connectivity index (χ4n) is 4.15. The molecule has 2 amide bonds. The van der Waals surface area contributed by atoms with Crippen LogP contribution in [-0.2, 0) is 23.9 Å². The maximum atomic E-state index is 12.8. The van der Waals surface area contributed by atoms with Gasteiger partial charge in [-0.1, -0.05) is 35.4 Å². The van der Waals surface area contributed by atoms with Crippen molar-refractivity contribution < 1.29 is 23.9 Å². The molecule has 1 fully saturated rings. The number of likely N-dealkylation sites (tertiary alicyclic amines) is 1. The summed E-state index contributed by atoms with van der Waals surface area (Å²) in [5, 5.41) is 3.13. The molecule has 1 aliphatic heterocycles. The first-order chi connectivity index (χ1) is 16.6. The van der Waals surface area contributed by atoms with Gasteiger partial charge in [0.05, 0.1) is 18.8 Å². The van der Waals surface area contributed by atoms with E-state index in [1.54, 1.807) is 21.1 Å². The van der Waals surface area contributed by atoms with Crippen molar-refractivity contribution in [2.24, 2.45) is 5.41 Å². The predicted molar refractivity (Wildman–Crippen MR) is 151 cm³/mol. The summed E-state index contributed by atoms with van der Waals surface area (Å²) in [5.74, 6) is 1.22. The highest BCUT2D eigenvalue weighted by molar-refractivity contribution is 8.77. The van der Waals surface area contributed by atoms with E-state index in [4.69, 9.17) is 9.47 Å². The lowest BCUT2D eigenvalue weighted by atomic mass is 9.84. The van der Waals surface area contributed by atoms with Gasteiger partial charge in [0.1, 0.15) is 5.78 Å². The lowest BCUT2D eigenvalue weighted by Gasteiger charge is -2.29. The summed E-state index contributed by atoms with van der Waals surface area (Å²) >= 11 is 0. The number of rotatable bonds is 17. The molecular formula is C27H50N2O5S2. The Morgan fingerprint density at radius 3 is 2.25 bits per heavy atom. The van der Waals surface area contributed by atoms with Crippen molar-refractivity contribution in [2.45, 2.75) is 116 Å². The summed E-state index contributed by atoms with van der Waals surface area (Å²) in [7, 11) is 7.05. The van der Waals surface area contributed by atoms with Crippen LogP contribution in [0.5, 0.6) is 0 Å². The van der Waals surface area contributed by atoms with Crippen molar-refractivity contribution >= 4 is 39.2 Å². The summed E-state index contributed by atoms with van der Waals surface area (Å²) < 4.78 is 10.8. The largest absolute Gasteiger partial charge is 0.383 e. The van der Waals surface area contributed by atoms with Crippen LogP contribution in [0, 0.1) is 5.41 Å². The van der Waals surface area contributed by atoms with E-state index in [0.717, 1.165) is 31.4 Å². The number of ketones is 1. The number of carbonyl (C=O) groups excluding carboxylic acids is 3. The van der Waals surface area contributed by atoms with Gasteiger partial charge >= 0.3 is 0 Å². The van der Waals surface area contributed by atoms with Gasteiger partial charge in [0.2, 0.25) is 11.8 Å². The first-order valence-electron chi connectivity index (χ1n) is 13.1. The first kappa shape index (κ1) is 33.3. The lowest BCUT2D eigenvalue weighted by molar-refractivity contribution is -0.133. The monoisotopic (exact) mass is 546 g/mol. The molecule has 1 N–H and O–H groups in total. The summed E-state index contributed by atoms with van der Waals surface area (Å²) in [6.07, 6.45) is 5.07. The van der Waals surface area contributed by atoms with Crippen LogP contribution in [0.4, 0.5) is 0 Å². The standard InChI is InChI=1S/C27H50N2O5S2/c1-20(30)25(2,3)14-12-23(31)28-26(4,5)15-16-35-36-27(6,7)13-10-11-24(32)29-18-22(34-9)17-21(29)19-33-8/h21-22H,10-19H2,1-9H3,(H,28,31)/t21-,22+/m0/s1. The van der Waals surface area contributed by atoms with Gasteiger partial charge in [-0.3, -0.25) is 14.4 Å². The normalized spacial score (nSPS) is 19.0. The van der Waals surface area contributed by atoms with E-state index in [1.807, 2.05) is 54.2 Å². The molecule has 0 unspecified atom stereocenters. The summed E-state index contributed by atoms with van der Waals surface area (Å²) in [4.78, 5) is 38.8. The first-order valence-corrected chi connectivity index (χ1v) is 15.4. The Bertz CT molecular complexity index is 727. The number of amides is 2. The van der Waals surface area contributed by atoms with Gasteiger partial charge in [-0.15, -0.1) is 0 Å². The Morgan fingerprint density at radius 1 is 1.00 bits per heavy atom. The third kappa shape index (κ3) is 12.2. The summed E-state index contributed by atoms with van der Waals surface area (Å²) in [5.41, 5.74) is -0.757. The summed E-state index contributed by atoms with van der Waals surface area (Å²) in [6.45, 7) is 15.1. The van der Waals surface area contributed by atoms with Crippen LogP contribution in [0.2, 0.25) is 0 Å². The van der Waals surface area contributed by atoms with Crippen molar-refractivity contribution in [1.29, 1.82) is 0 Å². The van der Waals surface area contributed by atoms with Crippen molar-refractivity contribution in [3.63, 3.8) is 0 Å². The minimum atomic E-state index is -0.462. The molecule has 210 valence electrons. The van der Waals surface area contributed by atoms with E-state index >= 15 is 0 Å². The van der Waals surface area contributed by atoms with Crippen molar-refractivity contribution in [2.75, 3.05) is 33.1 Å². The number of carbonyl (C=O) groups is 3. The Labute approximate surface area is 227 Å². The smallest absolute Gasteiger partial charge is 0.222 e. The Hall–Kier alpha value is -0.770. The van der Waals surface area contributed by atoms with E-state index in [0.29, 0.717) is 32.4 Å². The number of hydrogen-bond acceptors (Lipinski definition) is 7. The highest BCUT2D eigenvalue weighted by Gasteiger charge is 2.35. The van der Waals surface area contributed by atoms with Crippen molar-refractivity contribution in [3.8, 4) is 0 Å². The zero-order valence-corrected chi connectivity index (χ0v) is 25.7. The van der Waals surface area contributed by atoms with Crippen LogP contribution in [0.15, 0.2) is 0 Å². The number of hydrogen-bond donors (Lipinski definition) is 1. The average molecular weight is 547 g/mol. The fourth-order valence-corrected chi connectivity index (χ4v) is 7.08. The third-order valence-corrected chi connectivity index (χ3v) is 10.4. The van der Waals surface area contributed by atoms with Gasteiger partial charge in [-0.2, -0.15) is 0 Å². The van der Waals surface area contributed by atoms with Crippen LogP contribution in [-0.4, -0.2) is 78.1 Å². The van der Waals surface area contributed by atoms with E-state index in [1.165, 1.54) is 0 Å². The molecule has 0 radical (unpaired) electrons. The van der Waals surface area contributed by atoms with Gasteiger partial charge in [-0.25, -0.2) is 0 Å². The number of Topliss-reactive ketones (excluding diaryl/α,β-unsaturated/α-hetero) is 1. The zero-order valence-electron chi connectivity index (χ0n) is 24.0. The topological polar surface area (TPSA) is 84.9 Å². The Balaban J connectivity index is 2.33. The van der Waals surface area contributed by atoms with Crippen molar-refractivity contribution in [1.82, 2.24) is 10.2 Å². The molecule has 0 aliphatic carbocycles. The minimum Gasteiger partial charge on any atom is -0.383 e. The Morgan fingerprint density at radius 2 is 1.67 bits per heavy atom. The number of ether oxygens (including phenoxy) is 2. The van der Waals surface area contributed by atoms with Gasteiger partial charge in [-0.05, 0) is 66.7 Å². The molecule has 9 heteroatoms. The van der Waals surface area contributed by atoms with E-state index < -0.39 is 5.41 Å². The second-order valence-electron chi connectivity index (χ2n) is 11.9. The molecule has 1 heterocycles. The van der Waals surface area contributed by atoms with Crippen LogP contribution in [0.1, 0.15) is 93.4 Å². The number of nitrogens with one attached hydrogen (secondary N) is 1. The molecule has 1 aliphatic rings. The molecule has 7 nitrogen and oxygen atoms in total. The predicted octanol–water partition coefficient (Wildman–Crippen LogP) is 5.26. The highest BCUT2D eigenvalue weighted by Crippen LogP contribution is 2.40. The maximum Gasteiger partial charge on any atom is 0.222 e. The second kappa shape index (κ2) is 15.0. The van der Waals surface area contributed by atoms with E-state index in [2.05, 4.69) is 19.2 Å². The average Bonchev–Trinajstić information content (AvgIpc) is 3.18. The molecule has 0 aromatic carbocycles. The molecule has 0 saturated carbocycles. The molecule has 1 saturated heterocycles. The van der Waals surface area contributed by atoms with Gasteiger partial charge in [0, 0.05) is 55.1 Å². The molecule has 0 spiro atoms. The van der Waals surface area contributed by atoms with E-state index in [9.17, 15) is 14.4 Å². The highest BCUT2D eigenvalue weighted by atomic mass is 33.1. The van der Waals surface area contributed by atoms with Crippen LogP contribution in [0.3, 0.4) is 0 Å². The van der Waals surface area contributed by atoms with Crippen molar-refractivity contribution in [3.05, 3.63) is 0 Å². The van der Waals surface area contributed by atoms with E-state index in [-0.39, 0.29) is 40.0 Å².